The summed E-state index contributed by atoms with van der Waals surface area (Å²) in [5.74, 6) is -2.22. The molecule has 0 aliphatic rings. The van der Waals surface area contributed by atoms with Crippen molar-refractivity contribution in [2.24, 2.45) is 0 Å². The number of nitrogens with one attached hydrogen (secondary N) is 2. The summed E-state index contributed by atoms with van der Waals surface area (Å²) in [4.78, 5) is 22.4. The van der Waals surface area contributed by atoms with Gasteiger partial charge in [0.25, 0.3) is 0 Å². The van der Waals surface area contributed by atoms with Crippen molar-refractivity contribution in [2.45, 2.75) is 25.6 Å². The monoisotopic (exact) mass is 324 g/mol. The van der Waals surface area contributed by atoms with Crippen LogP contribution in [0, 0.1) is 6.92 Å². The Morgan fingerprint density at radius 2 is 1.86 bits per heavy atom. The van der Waals surface area contributed by atoms with E-state index in [1.807, 2.05) is 0 Å². The molecule has 116 valence electrons. The number of amides is 2. The van der Waals surface area contributed by atoms with Gasteiger partial charge in [-0.3, -0.25) is 0 Å². The normalized spacial score (nSPS) is 14.2. The van der Waals surface area contributed by atoms with Crippen LogP contribution < -0.4 is 10.6 Å². The third-order valence-electron chi connectivity index (χ3n) is 2.73. The van der Waals surface area contributed by atoms with Crippen molar-refractivity contribution in [3.63, 3.8) is 0 Å². The molecule has 0 aliphatic carbocycles. The molecule has 3 N–H and O–H groups in total. The van der Waals surface area contributed by atoms with Gasteiger partial charge in [0.15, 0.2) is 0 Å². The number of halogens is 4. The third kappa shape index (κ3) is 3.78. The minimum absolute atomic E-state index is 0.0645. The molecule has 0 saturated carbocycles. The average Bonchev–Trinajstić information content (AvgIpc) is 2.31. The Hall–Kier alpha value is -1.96. The molecule has 0 aromatic heterocycles. The number of aryl methyl sites for hydroxylation is 1. The van der Waals surface area contributed by atoms with Crippen LogP contribution >= 0.6 is 11.6 Å². The Labute approximate surface area is 123 Å². The second-order valence-electron chi connectivity index (χ2n) is 4.49. The number of aliphatic carboxylic acids is 1. The van der Waals surface area contributed by atoms with E-state index in [1.54, 1.807) is 13.0 Å². The standard InChI is InChI=1S/C12H12ClF3N2O3/c1-6-3-4-8(7(13)5-6)17-10(21)18-11(2,9(19)20)12(14,15)16/h3-5H,1-2H3,(H,19,20)(H2,17,18,21). The lowest BCUT2D eigenvalue weighted by Gasteiger charge is -2.28. The number of benzene rings is 1. The number of carbonyl (C=O) groups excluding carboxylic acids is 1. The zero-order valence-electron chi connectivity index (χ0n) is 11.0. The Bertz CT molecular complexity index is 577. The van der Waals surface area contributed by atoms with E-state index < -0.39 is 23.7 Å². The van der Waals surface area contributed by atoms with Crippen molar-refractivity contribution in [3.05, 3.63) is 28.8 Å². The summed E-state index contributed by atoms with van der Waals surface area (Å²) >= 11 is 5.82. The highest BCUT2D eigenvalue weighted by molar-refractivity contribution is 6.33. The Morgan fingerprint density at radius 3 is 2.29 bits per heavy atom. The molecule has 2 amide bonds. The highest BCUT2D eigenvalue weighted by atomic mass is 35.5. The maximum atomic E-state index is 12.7. The molecule has 0 radical (unpaired) electrons. The van der Waals surface area contributed by atoms with Crippen LogP contribution in [0.15, 0.2) is 18.2 Å². The summed E-state index contributed by atoms with van der Waals surface area (Å²) in [5.41, 5.74) is -2.56. The van der Waals surface area contributed by atoms with Gasteiger partial charge in [-0.1, -0.05) is 17.7 Å². The van der Waals surface area contributed by atoms with Gasteiger partial charge in [0.2, 0.25) is 5.54 Å². The van der Waals surface area contributed by atoms with E-state index >= 15 is 0 Å². The van der Waals surface area contributed by atoms with Crippen molar-refractivity contribution in [1.82, 2.24) is 5.32 Å². The predicted octanol–water partition coefficient (Wildman–Crippen LogP) is 3.18. The first kappa shape index (κ1) is 17.1. The SMILES string of the molecule is Cc1ccc(NC(=O)NC(C)(C(=O)O)C(F)(F)F)c(Cl)c1. The molecule has 0 spiro atoms. The molecule has 0 heterocycles. The molecule has 9 heteroatoms. The molecule has 21 heavy (non-hydrogen) atoms. The van der Waals surface area contributed by atoms with Crippen molar-refractivity contribution in [1.29, 1.82) is 0 Å². The highest BCUT2D eigenvalue weighted by Gasteiger charge is 2.58. The second-order valence-corrected chi connectivity index (χ2v) is 4.90. The van der Waals surface area contributed by atoms with Gasteiger partial charge in [-0.2, -0.15) is 13.2 Å². The van der Waals surface area contributed by atoms with Crippen LogP contribution in [-0.2, 0) is 4.79 Å². The summed E-state index contributed by atoms with van der Waals surface area (Å²) in [5, 5.41) is 12.3. The van der Waals surface area contributed by atoms with Gasteiger partial charge in [0.1, 0.15) is 0 Å². The molecule has 0 bridgehead atoms. The van der Waals surface area contributed by atoms with Crippen molar-refractivity contribution in [3.8, 4) is 0 Å². The van der Waals surface area contributed by atoms with Gasteiger partial charge < -0.3 is 15.7 Å². The summed E-state index contributed by atoms with van der Waals surface area (Å²) in [7, 11) is 0. The average molecular weight is 325 g/mol. The second kappa shape index (κ2) is 5.80. The lowest BCUT2D eigenvalue weighted by molar-refractivity contribution is -0.203. The summed E-state index contributed by atoms with van der Waals surface area (Å²) in [6, 6.07) is 3.14. The van der Waals surface area contributed by atoms with E-state index in [0.29, 0.717) is 6.92 Å². The van der Waals surface area contributed by atoms with E-state index in [2.05, 4.69) is 5.32 Å². The molecule has 0 aliphatic heterocycles. The van der Waals surface area contributed by atoms with E-state index in [1.165, 1.54) is 17.4 Å². The van der Waals surface area contributed by atoms with E-state index in [4.69, 9.17) is 16.7 Å². The fourth-order valence-corrected chi connectivity index (χ4v) is 1.63. The number of rotatable bonds is 3. The lowest BCUT2D eigenvalue weighted by Crippen LogP contribution is -2.62. The maximum Gasteiger partial charge on any atom is 0.422 e. The van der Waals surface area contributed by atoms with Gasteiger partial charge in [0.05, 0.1) is 10.7 Å². The quantitative estimate of drug-likeness (QED) is 0.799. The highest BCUT2D eigenvalue weighted by Crippen LogP contribution is 2.30. The van der Waals surface area contributed by atoms with E-state index in [0.717, 1.165) is 5.56 Å². The van der Waals surface area contributed by atoms with Crippen molar-refractivity contribution >= 4 is 29.3 Å². The van der Waals surface area contributed by atoms with E-state index in [9.17, 15) is 22.8 Å². The zero-order valence-corrected chi connectivity index (χ0v) is 11.8. The fourth-order valence-electron chi connectivity index (χ4n) is 1.35. The van der Waals surface area contributed by atoms with Gasteiger partial charge in [-0.05, 0) is 31.5 Å². The lowest BCUT2D eigenvalue weighted by atomic mass is 10.0. The van der Waals surface area contributed by atoms with Gasteiger partial charge in [-0.15, -0.1) is 0 Å². The largest absolute Gasteiger partial charge is 0.479 e. The van der Waals surface area contributed by atoms with Crippen molar-refractivity contribution in [2.75, 3.05) is 5.32 Å². The zero-order chi connectivity index (χ0) is 16.4. The van der Waals surface area contributed by atoms with Crippen LogP contribution in [-0.4, -0.2) is 28.8 Å². The van der Waals surface area contributed by atoms with Crippen LogP contribution in [0.4, 0.5) is 23.7 Å². The summed E-state index contributed by atoms with van der Waals surface area (Å²) in [6.07, 6.45) is -5.16. The van der Waals surface area contributed by atoms with Crippen LogP contribution in [0.5, 0.6) is 0 Å². The summed E-state index contributed by atoms with van der Waals surface area (Å²) < 4.78 is 38.2. The third-order valence-corrected chi connectivity index (χ3v) is 3.04. The van der Waals surface area contributed by atoms with E-state index in [-0.39, 0.29) is 10.7 Å². The fraction of sp³-hybridized carbons (Fsp3) is 0.333. The minimum Gasteiger partial charge on any atom is -0.479 e. The number of urea groups is 1. The predicted molar refractivity (Wildman–Crippen MR) is 70.4 cm³/mol. The molecule has 0 fully saturated rings. The molecule has 1 rings (SSSR count). The first-order chi connectivity index (χ1) is 9.47. The van der Waals surface area contributed by atoms with Crippen LogP contribution in [0.2, 0.25) is 5.02 Å². The Morgan fingerprint density at radius 1 is 1.29 bits per heavy atom. The number of carbonyl (C=O) groups is 2. The van der Waals surface area contributed by atoms with Crippen molar-refractivity contribution < 1.29 is 27.9 Å². The number of carboxylic acid groups (broad SMARTS) is 1. The molecule has 0 saturated heterocycles. The Kier molecular flexibility index (Phi) is 4.72. The smallest absolute Gasteiger partial charge is 0.422 e. The molecule has 1 unspecified atom stereocenters. The molecule has 1 aromatic rings. The first-order valence-corrected chi connectivity index (χ1v) is 6.00. The number of anilines is 1. The maximum absolute atomic E-state index is 12.7. The van der Waals surface area contributed by atoms with Gasteiger partial charge in [-0.25, -0.2) is 9.59 Å². The molecule has 1 atom stereocenters. The number of alkyl halides is 3. The number of hydrogen-bond acceptors (Lipinski definition) is 2. The number of carboxylic acids is 1. The number of hydrogen-bond donors (Lipinski definition) is 3. The molecular formula is C12H12ClF3N2O3. The molecule has 1 aromatic carbocycles. The van der Waals surface area contributed by atoms with Crippen LogP contribution in [0.25, 0.3) is 0 Å². The first-order valence-electron chi connectivity index (χ1n) is 5.63. The molecular weight excluding hydrogens is 313 g/mol. The molecule has 5 nitrogen and oxygen atoms in total. The topological polar surface area (TPSA) is 78.4 Å². The minimum atomic E-state index is -5.16. The van der Waals surface area contributed by atoms with Crippen LogP contribution in [0.1, 0.15) is 12.5 Å². The van der Waals surface area contributed by atoms with Gasteiger partial charge >= 0.3 is 18.2 Å². The van der Waals surface area contributed by atoms with Crippen LogP contribution in [0.3, 0.4) is 0 Å². The summed E-state index contributed by atoms with van der Waals surface area (Å²) in [6.45, 7) is 2.09. The van der Waals surface area contributed by atoms with Gasteiger partial charge in [0, 0.05) is 0 Å². The Balaban J connectivity index is 2.92.